The zero-order valence-electron chi connectivity index (χ0n) is 18.3. The van der Waals surface area contributed by atoms with E-state index in [-0.39, 0.29) is 23.4 Å². The third-order valence-corrected chi connectivity index (χ3v) is 5.37. The molecule has 6 nitrogen and oxygen atoms in total. The standard InChI is InChI=1S/C24H27ClF2N2O4/c1-2-32-22-15-17(3-9-21(22)33-24(26)27)4-10-23(30)28-16-20(29-11-13-31-14-12-29)18-5-7-19(25)8-6-18/h3-10,15,20,24H,2,11-14,16H2,1H3,(H,28,30). The minimum Gasteiger partial charge on any atom is -0.490 e. The van der Waals surface area contributed by atoms with Gasteiger partial charge in [0.1, 0.15) is 0 Å². The molecule has 1 saturated heterocycles. The second-order valence-corrected chi connectivity index (χ2v) is 7.75. The summed E-state index contributed by atoms with van der Waals surface area (Å²) in [5, 5.41) is 3.60. The molecule has 0 bridgehead atoms. The van der Waals surface area contributed by atoms with E-state index in [4.69, 9.17) is 21.1 Å². The maximum absolute atomic E-state index is 12.6. The summed E-state index contributed by atoms with van der Waals surface area (Å²) in [6.07, 6.45) is 2.99. The van der Waals surface area contributed by atoms with Crippen molar-refractivity contribution < 1.29 is 27.8 Å². The first-order chi connectivity index (χ1) is 16.0. The van der Waals surface area contributed by atoms with E-state index >= 15 is 0 Å². The van der Waals surface area contributed by atoms with E-state index in [1.807, 2.05) is 24.3 Å². The van der Waals surface area contributed by atoms with Gasteiger partial charge >= 0.3 is 6.61 Å². The van der Waals surface area contributed by atoms with Crippen molar-refractivity contribution in [3.8, 4) is 11.5 Å². The number of nitrogens with zero attached hydrogens (tertiary/aromatic N) is 1. The molecule has 0 radical (unpaired) electrons. The molecule has 2 aromatic carbocycles. The highest BCUT2D eigenvalue weighted by atomic mass is 35.5. The fraction of sp³-hybridized carbons (Fsp3) is 0.375. The van der Waals surface area contributed by atoms with E-state index < -0.39 is 6.61 Å². The Hall–Kier alpha value is -2.68. The van der Waals surface area contributed by atoms with Gasteiger partial charge in [-0.15, -0.1) is 0 Å². The van der Waals surface area contributed by atoms with Gasteiger partial charge in [-0.2, -0.15) is 8.78 Å². The molecular formula is C24H27ClF2N2O4. The number of carbonyl (C=O) groups is 1. The predicted molar refractivity (Wildman–Crippen MR) is 123 cm³/mol. The Kier molecular flexibility index (Phi) is 9.47. The van der Waals surface area contributed by atoms with Crippen LogP contribution in [-0.4, -0.2) is 56.9 Å². The zero-order valence-corrected chi connectivity index (χ0v) is 19.1. The molecule has 0 aromatic heterocycles. The molecule has 3 rings (SSSR count). The number of benzene rings is 2. The van der Waals surface area contributed by atoms with Crippen LogP contribution < -0.4 is 14.8 Å². The topological polar surface area (TPSA) is 60.0 Å². The molecule has 9 heteroatoms. The molecule has 1 unspecified atom stereocenters. The van der Waals surface area contributed by atoms with Gasteiger partial charge in [-0.1, -0.05) is 29.8 Å². The molecule has 178 valence electrons. The molecule has 0 saturated carbocycles. The summed E-state index contributed by atoms with van der Waals surface area (Å²) in [6, 6.07) is 12.1. The van der Waals surface area contributed by atoms with E-state index in [0.29, 0.717) is 37.0 Å². The highest BCUT2D eigenvalue weighted by Gasteiger charge is 2.23. The van der Waals surface area contributed by atoms with Gasteiger partial charge < -0.3 is 19.5 Å². The van der Waals surface area contributed by atoms with Gasteiger partial charge in [0.05, 0.1) is 25.9 Å². The average molecular weight is 481 g/mol. The number of hydrogen-bond acceptors (Lipinski definition) is 5. The third kappa shape index (κ3) is 7.70. The summed E-state index contributed by atoms with van der Waals surface area (Å²) in [5.74, 6) is -0.131. The second-order valence-electron chi connectivity index (χ2n) is 7.31. The van der Waals surface area contributed by atoms with Gasteiger partial charge in [0.25, 0.3) is 0 Å². The average Bonchev–Trinajstić information content (AvgIpc) is 2.81. The monoisotopic (exact) mass is 480 g/mol. The lowest BCUT2D eigenvalue weighted by Gasteiger charge is -2.34. The van der Waals surface area contributed by atoms with Crippen LogP contribution in [0, 0.1) is 0 Å². The van der Waals surface area contributed by atoms with Gasteiger partial charge in [0, 0.05) is 30.7 Å². The molecule has 1 amide bonds. The highest BCUT2D eigenvalue weighted by molar-refractivity contribution is 6.30. The summed E-state index contributed by atoms with van der Waals surface area (Å²) in [7, 11) is 0. The summed E-state index contributed by atoms with van der Waals surface area (Å²) in [5.41, 5.74) is 1.68. The maximum atomic E-state index is 12.6. The van der Waals surface area contributed by atoms with Crippen molar-refractivity contribution in [2.75, 3.05) is 39.5 Å². The zero-order chi connectivity index (χ0) is 23.6. The quantitative estimate of drug-likeness (QED) is 0.506. The van der Waals surface area contributed by atoms with E-state index in [1.165, 1.54) is 12.1 Å². The molecular weight excluding hydrogens is 454 g/mol. The Morgan fingerprint density at radius 3 is 2.58 bits per heavy atom. The minimum absolute atomic E-state index is 0.0150. The lowest BCUT2D eigenvalue weighted by atomic mass is 10.0. The van der Waals surface area contributed by atoms with Crippen molar-refractivity contribution in [3.05, 3.63) is 64.7 Å². The van der Waals surface area contributed by atoms with Crippen LogP contribution in [0.5, 0.6) is 11.5 Å². The van der Waals surface area contributed by atoms with Crippen LogP contribution in [0.25, 0.3) is 6.08 Å². The van der Waals surface area contributed by atoms with Crippen LogP contribution in [0.1, 0.15) is 24.1 Å². The van der Waals surface area contributed by atoms with Crippen LogP contribution >= 0.6 is 11.6 Å². The largest absolute Gasteiger partial charge is 0.490 e. The molecule has 1 heterocycles. The van der Waals surface area contributed by atoms with Gasteiger partial charge in [0.2, 0.25) is 5.91 Å². The van der Waals surface area contributed by atoms with Crippen LogP contribution in [-0.2, 0) is 9.53 Å². The molecule has 1 aliphatic heterocycles. The number of ether oxygens (including phenoxy) is 3. The Bertz CT molecular complexity index is 935. The van der Waals surface area contributed by atoms with E-state index in [0.717, 1.165) is 18.7 Å². The molecule has 1 N–H and O–H groups in total. The fourth-order valence-corrected chi connectivity index (χ4v) is 3.68. The molecule has 0 spiro atoms. The summed E-state index contributed by atoms with van der Waals surface area (Å²) in [6.45, 7) is 2.33. The molecule has 33 heavy (non-hydrogen) atoms. The summed E-state index contributed by atoms with van der Waals surface area (Å²) >= 11 is 6.03. The number of hydrogen-bond donors (Lipinski definition) is 1. The molecule has 1 fully saturated rings. The lowest BCUT2D eigenvalue weighted by molar-refractivity contribution is -0.116. The van der Waals surface area contributed by atoms with Gasteiger partial charge in [-0.3, -0.25) is 9.69 Å². The SMILES string of the molecule is CCOc1cc(C=CC(=O)NCC(c2ccc(Cl)cc2)N2CCOCC2)ccc1OC(F)F. The molecule has 1 aliphatic rings. The number of rotatable bonds is 10. The minimum atomic E-state index is -2.95. The summed E-state index contributed by atoms with van der Waals surface area (Å²) in [4.78, 5) is 14.8. The Balaban J connectivity index is 1.65. The van der Waals surface area contributed by atoms with Crippen molar-refractivity contribution in [1.29, 1.82) is 0 Å². The van der Waals surface area contributed by atoms with Gasteiger partial charge in [0.15, 0.2) is 11.5 Å². The molecule has 1 atom stereocenters. The van der Waals surface area contributed by atoms with E-state index in [2.05, 4.69) is 15.0 Å². The van der Waals surface area contributed by atoms with Crippen LogP contribution in [0.3, 0.4) is 0 Å². The predicted octanol–water partition coefficient (Wildman–Crippen LogP) is 4.54. The number of morpholine rings is 1. The molecule has 0 aliphatic carbocycles. The van der Waals surface area contributed by atoms with Crippen molar-refractivity contribution in [1.82, 2.24) is 10.2 Å². The maximum Gasteiger partial charge on any atom is 0.387 e. The Labute approximate surface area is 197 Å². The first kappa shape index (κ1) is 25.0. The number of nitrogens with one attached hydrogen (secondary N) is 1. The second kappa shape index (κ2) is 12.5. The van der Waals surface area contributed by atoms with Crippen molar-refractivity contribution >= 4 is 23.6 Å². The number of alkyl halides is 2. The van der Waals surface area contributed by atoms with Crippen molar-refractivity contribution in [2.24, 2.45) is 0 Å². The number of halogens is 3. The smallest absolute Gasteiger partial charge is 0.387 e. The highest BCUT2D eigenvalue weighted by Crippen LogP contribution is 2.30. The Morgan fingerprint density at radius 1 is 1.18 bits per heavy atom. The Morgan fingerprint density at radius 2 is 1.91 bits per heavy atom. The third-order valence-electron chi connectivity index (χ3n) is 5.12. The van der Waals surface area contributed by atoms with Gasteiger partial charge in [-0.05, 0) is 48.4 Å². The van der Waals surface area contributed by atoms with Crippen LogP contribution in [0.4, 0.5) is 8.78 Å². The van der Waals surface area contributed by atoms with Crippen LogP contribution in [0.15, 0.2) is 48.5 Å². The first-order valence-corrected chi connectivity index (χ1v) is 11.1. The number of amides is 1. The number of carbonyl (C=O) groups excluding carboxylic acids is 1. The van der Waals surface area contributed by atoms with E-state index in [1.54, 1.807) is 25.1 Å². The summed E-state index contributed by atoms with van der Waals surface area (Å²) < 4.78 is 40.4. The molecule has 2 aromatic rings. The van der Waals surface area contributed by atoms with Crippen molar-refractivity contribution in [3.63, 3.8) is 0 Å². The lowest BCUT2D eigenvalue weighted by Crippen LogP contribution is -2.43. The normalized spacial score (nSPS) is 15.5. The van der Waals surface area contributed by atoms with Crippen LogP contribution in [0.2, 0.25) is 5.02 Å². The fourth-order valence-electron chi connectivity index (χ4n) is 3.55. The van der Waals surface area contributed by atoms with E-state index in [9.17, 15) is 13.6 Å². The van der Waals surface area contributed by atoms with Gasteiger partial charge in [-0.25, -0.2) is 0 Å². The van der Waals surface area contributed by atoms with Crippen molar-refractivity contribution in [2.45, 2.75) is 19.6 Å². The first-order valence-electron chi connectivity index (χ1n) is 10.7.